The Morgan fingerprint density at radius 2 is 1.94 bits per heavy atom. The minimum Gasteiger partial charge on any atom is -0.365 e. The van der Waals surface area contributed by atoms with Gasteiger partial charge in [-0.2, -0.15) is 13.2 Å². The Morgan fingerprint density at radius 1 is 1.29 bits per heavy atom. The number of nitrogens with one attached hydrogen (secondary N) is 1. The molecule has 2 rings (SSSR count). The van der Waals surface area contributed by atoms with Crippen molar-refractivity contribution in [1.82, 2.24) is 9.97 Å². The summed E-state index contributed by atoms with van der Waals surface area (Å²) in [5.41, 5.74) is -0.985. The summed E-state index contributed by atoms with van der Waals surface area (Å²) in [4.78, 5) is 7.22. The Kier molecular flexibility index (Phi) is 3.56. The molecule has 1 heterocycles. The highest BCUT2D eigenvalue weighted by Gasteiger charge is 2.33. The zero-order chi connectivity index (χ0) is 12.5. The molecule has 0 radical (unpaired) electrons. The molecule has 3 nitrogen and oxygen atoms in total. The van der Waals surface area contributed by atoms with E-state index in [1.54, 1.807) is 0 Å². The van der Waals surface area contributed by atoms with Gasteiger partial charge in [0.05, 0.1) is 6.20 Å². The molecule has 0 saturated heterocycles. The Bertz CT molecular complexity index is 402. The van der Waals surface area contributed by atoms with Crippen molar-refractivity contribution in [2.24, 2.45) is 0 Å². The molecule has 0 amide bonds. The third kappa shape index (κ3) is 3.08. The first kappa shape index (κ1) is 12.6. The molecular formula is C10H11BrF3N3. The number of anilines is 1. The molecule has 17 heavy (non-hydrogen) atoms. The van der Waals surface area contributed by atoms with Gasteiger partial charge >= 0.3 is 6.18 Å². The third-order valence-electron chi connectivity index (χ3n) is 2.72. The maximum atomic E-state index is 12.4. The Labute approximate surface area is 105 Å². The number of hydrogen-bond acceptors (Lipinski definition) is 3. The van der Waals surface area contributed by atoms with E-state index >= 15 is 0 Å². The summed E-state index contributed by atoms with van der Waals surface area (Å²) in [6.45, 7) is 0. The predicted molar refractivity (Wildman–Crippen MR) is 60.6 cm³/mol. The van der Waals surface area contributed by atoms with Crippen molar-refractivity contribution in [3.05, 3.63) is 16.5 Å². The molecule has 1 aliphatic rings. The third-order valence-corrected chi connectivity index (χ3v) is 3.27. The minimum atomic E-state index is -4.46. The molecule has 0 spiro atoms. The van der Waals surface area contributed by atoms with E-state index in [1.807, 2.05) is 0 Å². The smallest absolute Gasteiger partial charge is 0.365 e. The van der Waals surface area contributed by atoms with Crippen molar-refractivity contribution >= 4 is 21.7 Å². The number of nitrogens with zero attached hydrogens (tertiary/aromatic N) is 2. The maximum absolute atomic E-state index is 12.4. The SMILES string of the molecule is FC(F)(F)c1cnc(NC2CCCC2)c(Br)n1. The number of halogens is 4. The highest BCUT2D eigenvalue weighted by atomic mass is 79.9. The first-order valence-corrected chi connectivity index (χ1v) is 6.12. The zero-order valence-electron chi connectivity index (χ0n) is 8.89. The normalized spacial score (nSPS) is 17.4. The van der Waals surface area contributed by atoms with Crippen LogP contribution in [0.4, 0.5) is 19.0 Å². The van der Waals surface area contributed by atoms with Crippen molar-refractivity contribution in [1.29, 1.82) is 0 Å². The molecule has 7 heteroatoms. The number of alkyl halides is 3. The van der Waals surface area contributed by atoms with Crippen LogP contribution in [0.5, 0.6) is 0 Å². The van der Waals surface area contributed by atoms with Crippen LogP contribution >= 0.6 is 15.9 Å². The molecule has 0 aromatic carbocycles. The van der Waals surface area contributed by atoms with E-state index in [4.69, 9.17) is 0 Å². The summed E-state index contributed by atoms with van der Waals surface area (Å²) in [5.74, 6) is 0.380. The standard InChI is InChI=1S/C10H11BrF3N3/c11-8-9(16-6-3-1-2-4-6)15-5-7(17-8)10(12,13)14/h5-6H,1-4H2,(H,15,16). The van der Waals surface area contributed by atoms with Crippen LogP contribution in [0.2, 0.25) is 0 Å². The van der Waals surface area contributed by atoms with Crippen LogP contribution in [0.15, 0.2) is 10.8 Å². The molecule has 1 saturated carbocycles. The van der Waals surface area contributed by atoms with E-state index in [0.29, 0.717) is 5.82 Å². The fraction of sp³-hybridized carbons (Fsp3) is 0.600. The van der Waals surface area contributed by atoms with Crippen LogP contribution < -0.4 is 5.32 Å². The second-order valence-electron chi connectivity index (χ2n) is 4.02. The largest absolute Gasteiger partial charge is 0.434 e. The summed E-state index contributed by atoms with van der Waals surface area (Å²) in [6, 6.07) is 0.289. The van der Waals surface area contributed by atoms with Gasteiger partial charge < -0.3 is 5.32 Å². The van der Waals surface area contributed by atoms with Gasteiger partial charge in [-0.1, -0.05) is 12.8 Å². The van der Waals surface area contributed by atoms with E-state index in [1.165, 1.54) is 0 Å². The summed E-state index contributed by atoms with van der Waals surface area (Å²) >= 11 is 3.01. The van der Waals surface area contributed by atoms with Gasteiger partial charge in [0.1, 0.15) is 4.60 Å². The van der Waals surface area contributed by atoms with Crippen molar-refractivity contribution < 1.29 is 13.2 Å². The highest BCUT2D eigenvalue weighted by molar-refractivity contribution is 9.10. The van der Waals surface area contributed by atoms with Gasteiger partial charge in [-0.15, -0.1) is 0 Å². The van der Waals surface area contributed by atoms with E-state index in [-0.39, 0.29) is 10.6 Å². The lowest BCUT2D eigenvalue weighted by Gasteiger charge is -2.14. The van der Waals surface area contributed by atoms with Gasteiger partial charge in [0.2, 0.25) is 0 Å². The number of rotatable bonds is 2. The van der Waals surface area contributed by atoms with Gasteiger partial charge in [0, 0.05) is 6.04 Å². The van der Waals surface area contributed by atoms with Gasteiger partial charge in [-0.05, 0) is 28.8 Å². The highest BCUT2D eigenvalue weighted by Crippen LogP contribution is 2.30. The van der Waals surface area contributed by atoms with Crippen LogP contribution in [0.1, 0.15) is 31.4 Å². The van der Waals surface area contributed by atoms with Gasteiger partial charge in [0.25, 0.3) is 0 Å². The van der Waals surface area contributed by atoms with Crippen LogP contribution in [-0.4, -0.2) is 16.0 Å². The monoisotopic (exact) mass is 309 g/mol. The van der Waals surface area contributed by atoms with Gasteiger partial charge in [-0.3, -0.25) is 0 Å². The average molecular weight is 310 g/mol. The lowest BCUT2D eigenvalue weighted by molar-refractivity contribution is -0.141. The van der Waals surface area contributed by atoms with Crippen molar-refractivity contribution in [3.63, 3.8) is 0 Å². The summed E-state index contributed by atoms with van der Waals surface area (Å²) in [7, 11) is 0. The number of hydrogen-bond donors (Lipinski definition) is 1. The number of aromatic nitrogens is 2. The molecule has 1 aliphatic carbocycles. The lowest BCUT2D eigenvalue weighted by atomic mass is 10.2. The topological polar surface area (TPSA) is 37.8 Å². The Hall–Kier alpha value is -0.850. The predicted octanol–water partition coefficient (Wildman–Crippen LogP) is 3.61. The minimum absolute atomic E-state index is 0.110. The van der Waals surface area contributed by atoms with Crippen molar-refractivity contribution in [3.8, 4) is 0 Å². The second kappa shape index (κ2) is 4.80. The van der Waals surface area contributed by atoms with E-state index in [9.17, 15) is 13.2 Å². The Morgan fingerprint density at radius 3 is 2.47 bits per heavy atom. The zero-order valence-corrected chi connectivity index (χ0v) is 10.5. The quantitative estimate of drug-likeness (QED) is 0.907. The molecular weight excluding hydrogens is 299 g/mol. The van der Waals surface area contributed by atoms with Gasteiger partial charge in [0.15, 0.2) is 11.5 Å². The van der Waals surface area contributed by atoms with Crippen LogP contribution in [-0.2, 0) is 6.18 Å². The van der Waals surface area contributed by atoms with Gasteiger partial charge in [-0.25, -0.2) is 9.97 Å². The molecule has 1 aromatic rings. The second-order valence-corrected chi connectivity index (χ2v) is 4.77. The Balaban J connectivity index is 2.14. The lowest BCUT2D eigenvalue weighted by Crippen LogP contribution is -2.17. The average Bonchev–Trinajstić information content (AvgIpc) is 2.72. The molecule has 0 aliphatic heterocycles. The fourth-order valence-electron chi connectivity index (χ4n) is 1.86. The van der Waals surface area contributed by atoms with E-state index < -0.39 is 11.9 Å². The summed E-state index contributed by atoms with van der Waals surface area (Å²) in [6.07, 6.45) is 0.625. The van der Waals surface area contributed by atoms with Crippen molar-refractivity contribution in [2.75, 3.05) is 5.32 Å². The fourth-order valence-corrected chi connectivity index (χ4v) is 2.27. The van der Waals surface area contributed by atoms with Crippen LogP contribution in [0.3, 0.4) is 0 Å². The molecule has 1 N–H and O–H groups in total. The molecule has 0 unspecified atom stereocenters. The maximum Gasteiger partial charge on any atom is 0.434 e. The van der Waals surface area contributed by atoms with Crippen LogP contribution in [0.25, 0.3) is 0 Å². The summed E-state index contributed by atoms with van der Waals surface area (Å²) < 4.78 is 37.2. The molecule has 0 atom stereocenters. The first-order chi connectivity index (χ1) is 7.97. The van der Waals surface area contributed by atoms with Crippen LogP contribution in [0, 0.1) is 0 Å². The van der Waals surface area contributed by atoms with Crippen molar-refractivity contribution in [2.45, 2.75) is 37.9 Å². The molecule has 94 valence electrons. The first-order valence-electron chi connectivity index (χ1n) is 5.33. The molecule has 1 aromatic heterocycles. The summed E-state index contributed by atoms with van der Waals surface area (Å²) in [5, 5.41) is 3.10. The molecule has 1 fully saturated rings. The molecule has 0 bridgehead atoms. The van der Waals surface area contributed by atoms with E-state index in [0.717, 1.165) is 31.9 Å². The van der Waals surface area contributed by atoms with E-state index in [2.05, 4.69) is 31.2 Å².